The molecule has 7 heteroatoms. The number of ether oxygens (including phenoxy) is 1. The molecule has 2 aromatic carbocycles. The van der Waals surface area contributed by atoms with Crippen LogP contribution in [0.1, 0.15) is 11.1 Å². The molecule has 28 heavy (non-hydrogen) atoms. The average Bonchev–Trinajstić information content (AvgIpc) is 2.69. The van der Waals surface area contributed by atoms with Gasteiger partial charge in [-0.05, 0) is 36.8 Å². The molecule has 0 spiro atoms. The Morgan fingerprint density at radius 3 is 2.32 bits per heavy atom. The molecule has 0 atom stereocenters. The zero-order valence-corrected chi connectivity index (χ0v) is 15.7. The van der Waals surface area contributed by atoms with Gasteiger partial charge in [-0.25, -0.2) is 4.79 Å². The first-order valence-electron chi connectivity index (χ1n) is 8.76. The van der Waals surface area contributed by atoms with Gasteiger partial charge in [0.1, 0.15) is 12.3 Å². The largest absolute Gasteiger partial charge is 0.497 e. The van der Waals surface area contributed by atoms with Crippen molar-refractivity contribution in [2.24, 2.45) is 0 Å². The number of benzene rings is 2. The van der Waals surface area contributed by atoms with E-state index in [0.717, 1.165) is 15.7 Å². The molecule has 0 unspecified atom stereocenters. The van der Waals surface area contributed by atoms with E-state index in [1.807, 2.05) is 31.2 Å². The number of nitrogens with zero attached hydrogens (tertiary/aromatic N) is 2. The molecular formula is C21H21N3O4. The Morgan fingerprint density at radius 2 is 1.68 bits per heavy atom. The van der Waals surface area contributed by atoms with Crippen molar-refractivity contribution >= 4 is 11.6 Å². The molecule has 1 amide bonds. The third kappa shape index (κ3) is 4.56. The lowest BCUT2D eigenvalue weighted by Gasteiger charge is -2.11. The molecule has 3 aromatic rings. The van der Waals surface area contributed by atoms with Crippen molar-refractivity contribution < 1.29 is 9.53 Å². The number of aryl methyl sites for hydroxylation is 1. The molecule has 144 valence electrons. The summed E-state index contributed by atoms with van der Waals surface area (Å²) >= 11 is 0. The van der Waals surface area contributed by atoms with Crippen molar-refractivity contribution in [1.29, 1.82) is 0 Å². The predicted molar refractivity (Wildman–Crippen MR) is 107 cm³/mol. The first kappa shape index (κ1) is 19.2. The maximum atomic E-state index is 12.7. The normalized spacial score (nSPS) is 10.5. The van der Waals surface area contributed by atoms with Gasteiger partial charge in [0.25, 0.3) is 5.56 Å². The highest BCUT2D eigenvalue weighted by molar-refractivity contribution is 5.90. The molecule has 0 radical (unpaired) electrons. The van der Waals surface area contributed by atoms with Gasteiger partial charge in [-0.15, -0.1) is 0 Å². The second-order valence-electron chi connectivity index (χ2n) is 6.41. The summed E-state index contributed by atoms with van der Waals surface area (Å²) in [6.07, 6.45) is 1.45. The number of carbonyl (C=O) groups is 1. The van der Waals surface area contributed by atoms with Crippen LogP contribution in [0.3, 0.4) is 0 Å². The number of nitrogens with one attached hydrogen (secondary N) is 1. The van der Waals surface area contributed by atoms with Crippen LogP contribution < -0.4 is 21.3 Å². The molecule has 0 saturated carbocycles. The van der Waals surface area contributed by atoms with Crippen molar-refractivity contribution in [2.75, 3.05) is 12.4 Å². The van der Waals surface area contributed by atoms with E-state index >= 15 is 0 Å². The molecule has 1 heterocycles. The van der Waals surface area contributed by atoms with Crippen LogP contribution in [-0.4, -0.2) is 22.2 Å². The first-order chi connectivity index (χ1) is 13.5. The SMILES string of the molecule is COc1ccc(NC(=O)Cn2c(=O)ccn(Cc3ccc(C)cc3)c2=O)cc1. The highest BCUT2D eigenvalue weighted by Gasteiger charge is 2.11. The minimum atomic E-state index is -0.530. The highest BCUT2D eigenvalue weighted by Crippen LogP contribution is 2.14. The van der Waals surface area contributed by atoms with E-state index in [2.05, 4.69) is 5.32 Å². The summed E-state index contributed by atoms with van der Waals surface area (Å²) < 4.78 is 7.40. The van der Waals surface area contributed by atoms with Gasteiger partial charge in [-0.1, -0.05) is 29.8 Å². The number of carbonyl (C=O) groups excluding carboxylic acids is 1. The number of anilines is 1. The lowest BCUT2D eigenvalue weighted by molar-refractivity contribution is -0.116. The Kier molecular flexibility index (Phi) is 5.74. The monoisotopic (exact) mass is 379 g/mol. The third-order valence-electron chi connectivity index (χ3n) is 4.29. The molecule has 0 saturated heterocycles. The standard InChI is InChI=1S/C21H21N3O4/c1-15-3-5-16(6-4-15)13-23-12-11-20(26)24(21(23)27)14-19(25)22-17-7-9-18(28-2)10-8-17/h3-12H,13-14H2,1-2H3,(H,22,25). The molecule has 1 aromatic heterocycles. The summed E-state index contributed by atoms with van der Waals surface area (Å²) in [6.45, 7) is 1.94. The third-order valence-corrected chi connectivity index (χ3v) is 4.29. The Morgan fingerprint density at radius 1 is 1.00 bits per heavy atom. The summed E-state index contributed by atoms with van der Waals surface area (Å²) in [4.78, 5) is 37.1. The van der Waals surface area contributed by atoms with Crippen LogP contribution in [0.25, 0.3) is 0 Å². The van der Waals surface area contributed by atoms with E-state index < -0.39 is 17.2 Å². The fraction of sp³-hybridized carbons (Fsp3) is 0.190. The van der Waals surface area contributed by atoms with Crippen LogP contribution in [-0.2, 0) is 17.9 Å². The van der Waals surface area contributed by atoms with Crippen molar-refractivity contribution in [3.05, 3.63) is 92.8 Å². The fourth-order valence-corrected chi connectivity index (χ4v) is 2.73. The second kappa shape index (κ2) is 8.39. The van der Waals surface area contributed by atoms with Crippen molar-refractivity contribution in [2.45, 2.75) is 20.0 Å². The number of hydrogen-bond donors (Lipinski definition) is 1. The lowest BCUT2D eigenvalue weighted by Crippen LogP contribution is -2.41. The van der Waals surface area contributed by atoms with Crippen LogP contribution in [0.15, 0.2) is 70.4 Å². The number of aromatic nitrogens is 2. The molecule has 0 bridgehead atoms. The van der Waals surface area contributed by atoms with Crippen molar-refractivity contribution in [3.8, 4) is 5.75 Å². The molecule has 3 rings (SSSR count). The van der Waals surface area contributed by atoms with E-state index in [0.29, 0.717) is 18.0 Å². The van der Waals surface area contributed by atoms with Crippen molar-refractivity contribution in [1.82, 2.24) is 9.13 Å². The number of methoxy groups -OCH3 is 1. The van der Waals surface area contributed by atoms with Crippen LogP contribution in [0, 0.1) is 6.92 Å². The summed E-state index contributed by atoms with van der Waals surface area (Å²) in [6, 6.07) is 15.8. The zero-order chi connectivity index (χ0) is 20.1. The van der Waals surface area contributed by atoms with Crippen molar-refractivity contribution in [3.63, 3.8) is 0 Å². The summed E-state index contributed by atoms with van der Waals surface area (Å²) in [5.41, 5.74) is 1.56. The Labute approximate surface area is 161 Å². The summed E-state index contributed by atoms with van der Waals surface area (Å²) in [5.74, 6) is 0.203. The van der Waals surface area contributed by atoms with Gasteiger partial charge in [0.15, 0.2) is 0 Å². The quantitative estimate of drug-likeness (QED) is 0.710. The second-order valence-corrected chi connectivity index (χ2v) is 6.41. The lowest BCUT2D eigenvalue weighted by atomic mass is 10.1. The van der Waals surface area contributed by atoms with E-state index in [4.69, 9.17) is 4.74 Å². The van der Waals surface area contributed by atoms with Crippen LogP contribution >= 0.6 is 0 Å². The number of rotatable bonds is 6. The van der Waals surface area contributed by atoms with Gasteiger partial charge < -0.3 is 10.1 Å². The van der Waals surface area contributed by atoms with Gasteiger partial charge in [0, 0.05) is 18.0 Å². The minimum absolute atomic E-state index is 0.319. The van der Waals surface area contributed by atoms with E-state index in [9.17, 15) is 14.4 Å². The average molecular weight is 379 g/mol. The molecule has 0 fully saturated rings. The summed E-state index contributed by atoms with van der Waals surface area (Å²) in [5, 5.41) is 2.67. The highest BCUT2D eigenvalue weighted by atomic mass is 16.5. The zero-order valence-electron chi connectivity index (χ0n) is 15.7. The van der Waals surface area contributed by atoms with E-state index in [-0.39, 0.29) is 6.54 Å². The van der Waals surface area contributed by atoms with Gasteiger partial charge in [0.2, 0.25) is 5.91 Å². The van der Waals surface area contributed by atoms with Crippen LogP contribution in [0.4, 0.5) is 5.69 Å². The molecule has 0 aliphatic heterocycles. The van der Waals surface area contributed by atoms with E-state index in [1.165, 1.54) is 16.8 Å². The molecule has 0 aliphatic carbocycles. The molecule has 0 aliphatic rings. The Bertz CT molecular complexity index is 1080. The fourth-order valence-electron chi connectivity index (χ4n) is 2.73. The predicted octanol–water partition coefficient (Wildman–Crippen LogP) is 2.01. The molecular weight excluding hydrogens is 358 g/mol. The smallest absolute Gasteiger partial charge is 0.331 e. The van der Waals surface area contributed by atoms with Crippen LogP contribution in [0.5, 0.6) is 5.75 Å². The van der Waals surface area contributed by atoms with Crippen LogP contribution in [0.2, 0.25) is 0 Å². The van der Waals surface area contributed by atoms with E-state index in [1.54, 1.807) is 31.4 Å². The van der Waals surface area contributed by atoms with Gasteiger partial charge in [-0.3, -0.25) is 18.7 Å². The Balaban J connectivity index is 1.77. The first-order valence-corrected chi connectivity index (χ1v) is 8.76. The van der Waals surface area contributed by atoms with Gasteiger partial charge in [-0.2, -0.15) is 0 Å². The summed E-state index contributed by atoms with van der Waals surface area (Å²) in [7, 11) is 1.55. The van der Waals surface area contributed by atoms with Gasteiger partial charge in [0.05, 0.1) is 13.7 Å². The van der Waals surface area contributed by atoms with Gasteiger partial charge >= 0.3 is 5.69 Å². The number of amides is 1. The minimum Gasteiger partial charge on any atom is -0.497 e. The molecule has 7 nitrogen and oxygen atoms in total. The topological polar surface area (TPSA) is 82.3 Å². The Hall–Kier alpha value is -3.61. The number of hydrogen-bond acceptors (Lipinski definition) is 4. The maximum absolute atomic E-state index is 12.7. The molecule has 1 N–H and O–H groups in total. The maximum Gasteiger partial charge on any atom is 0.331 e.